The molecule has 516 valence electrons. The molecule has 0 amide bonds. The third-order valence-corrected chi connectivity index (χ3v) is 21.5. The predicted octanol–water partition coefficient (Wildman–Crippen LogP) is 27.3. The quantitative estimate of drug-likeness (QED) is 0.192. The maximum atomic E-state index is 4.33. The molecule has 1 N–H and O–H groups in total. The number of rotatable bonds is 3. The van der Waals surface area contributed by atoms with Crippen molar-refractivity contribution < 1.29 is 0 Å². The van der Waals surface area contributed by atoms with Gasteiger partial charge in [0.15, 0.2) is 0 Å². The van der Waals surface area contributed by atoms with Crippen molar-refractivity contribution in [3.8, 4) is 44.5 Å². The molecule has 1 fully saturated rings. The lowest BCUT2D eigenvalue weighted by molar-refractivity contribution is 0.346. The van der Waals surface area contributed by atoms with E-state index >= 15 is 0 Å². The lowest BCUT2D eigenvalue weighted by Gasteiger charge is -2.38. The first kappa shape index (κ1) is 73.4. The van der Waals surface area contributed by atoms with Gasteiger partial charge >= 0.3 is 0 Å². The van der Waals surface area contributed by atoms with Crippen LogP contribution in [0.5, 0.6) is 0 Å². The van der Waals surface area contributed by atoms with Crippen LogP contribution in [0.2, 0.25) is 0 Å². The highest BCUT2D eigenvalue weighted by atomic mass is 32.1. The number of benzene rings is 13. The summed E-state index contributed by atoms with van der Waals surface area (Å²) >= 11 is 1.74. The Morgan fingerprint density at radius 3 is 1.22 bits per heavy atom. The number of hydrogen-bond donors (Lipinski definition) is 1. The van der Waals surface area contributed by atoms with Crippen molar-refractivity contribution in [1.82, 2.24) is 15.0 Å². The van der Waals surface area contributed by atoms with Crippen LogP contribution in [0, 0.1) is 48.5 Å². The lowest BCUT2D eigenvalue weighted by Crippen LogP contribution is -2.30. The Kier molecular flexibility index (Phi) is 23.5. The minimum absolute atomic E-state index is 0. The smallest absolute Gasteiger partial charge is 0.104 e. The summed E-state index contributed by atoms with van der Waals surface area (Å²) < 4.78 is 1.28. The molecule has 0 bridgehead atoms. The second kappa shape index (κ2) is 32.9. The topological polar surface area (TPSA) is 41.6 Å². The van der Waals surface area contributed by atoms with Crippen LogP contribution >= 0.6 is 11.3 Å². The zero-order valence-corrected chi connectivity index (χ0v) is 60.8. The second-order valence-electron chi connectivity index (χ2n) is 28.0. The van der Waals surface area contributed by atoms with Gasteiger partial charge in [-0.05, 0) is 175 Å². The van der Waals surface area contributed by atoms with Gasteiger partial charge in [0.2, 0.25) is 0 Å². The van der Waals surface area contributed by atoms with E-state index in [0.717, 1.165) is 27.4 Å². The summed E-state index contributed by atoms with van der Waals surface area (Å²) in [7, 11) is 0. The van der Waals surface area contributed by atoms with E-state index < -0.39 is 0 Å². The summed E-state index contributed by atoms with van der Waals surface area (Å²) in [5.74, 6) is 0.973. The zero-order valence-electron chi connectivity index (χ0n) is 59.9. The number of nitrogens with one attached hydrogen (secondary N) is 1. The van der Waals surface area contributed by atoms with E-state index in [0.29, 0.717) is 0 Å². The van der Waals surface area contributed by atoms with E-state index in [1.165, 1.54) is 154 Å². The van der Waals surface area contributed by atoms with Crippen molar-refractivity contribution in [2.75, 3.05) is 0 Å². The van der Waals surface area contributed by atoms with Crippen molar-refractivity contribution in [2.45, 2.75) is 126 Å². The average molecular weight is 1360 g/mol. The van der Waals surface area contributed by atoms with Crippen molar-refractivity contribution in [1.29, 1.82) is 0 Å². The molecule has 0 radical (unpaired) electrons. The van der Waals surface area contributed by atoms with Crippen LogP contribution in [0.25, 0.3) is 65.8 Å². The molecule has 2 heterocycles. The van der Waals surface area contributed by atoms with Crippen LogP contribution in [-0.2, 0) is 16.2 Å². The summed E-state index contributed by atoms with van der Waals surface area (Å²) in [5.41, 5.74) is 32.6. The largest absolute Gasteiger partial charge is 0.342 e. The zero-order chi connectivity index (χ0) is 69.9. The van der Waals surface area contributed by atoms with E-state index in [-0.39, 0.29) is 31.1 Å². The number of imidazole rings is 1. The molecule has 3 nitrogen and oxygen atoms in total. The molecule has 0 aliphatic heterocycles. The van der Waals surface area contributed by atoms with Crippen LogP contribution in [0.4, 0.5) is 0 Å². The number of thiazole rings is 1. The number of para-hydroxylation sites is 3. The molecule has 4 aliphatic rings. The van der Waals surface area contributed by atoms with E-state index in [2.05, 4.69) is 318 Å². The molecule has 4 aliphatic carbocycles. The first-order chi connectivity index (χ1) is 49.2. The normalized spacial score (nSPS) is 13.4. The van der Waals surface area contributed by atoms with E-state index in [9.17, 15) is 0 Å². The Morgan fingerprint density at radius 2 is 0.699 bits per heavy atom. The first-order valence-corrected chi connectivity index (χ1v) is 36.6. The molecule has 15 aromatic rings. The van der Waals surface area contributed by atoms with Gasteiger partial charge in [-0.2, -0.15) is 0 Å². The van der Waals surface area contributed by atoms with E-state index in [1.807, 2.05) is 80.6 Å². The Labute approximate surface area is 618 Å². The predicted molar refractivity (Wildman–Crippen MR) is 444 cm³/mol. The molecule has 13 aromatic carbocycles. The van der Waals surface area contributed by atoms with Gasteiger partial charge in [0.05, 0.1) is 31.7 Å². The highest BCUT2D eigenvalue weighted by molar-refractivity contribution is 7.18. The van der Waals surface area contributed by atoms with Crippen molar-refractivity contribution >= 4 is 32.6 Å². The Morgan fingerprint density at radius 1 is 0.311 bits per heavy atom. The van der Waals surface area contributed by atoms with Gasteiger partial charge in [-0.1, -0.05) is 373 Å². The van der Waals surface area contributed by atoms with Crippen LogP contribution in [0.15, 0.2) is 322 Å². The number of nitrogens with zero attached hydrogens (tertiary/aromatic N) is 2. The SMILES string of the molecule is C.C.Cc1ccc(-c2ccccc2)cc1.Cc1ccc(C2(c3ccccc3)CCCCC2)cc1.Cc1ccc2c(c1)C(C)(C)c1ccccc1-2.Cc1ccc2c(c1)C1(c3ccccc3-c3ccccc31)c1ccccc1-2.Cc1ccccc1.Cc1nc2ccccc2[nH]1.Cc1nc2ccccc2s1. The van der Waals surface area contributed by atoms with Gasteiger partial charge in [0.25, 0.3) is 0 Å². The molecular formula is C99H99N3S. The minimum atomic E-state index is -0.189. The number of aromatic amines is 1. The van der Waals surface area contributed by atoms with Crippen molar-refractivity contribution in [3.63, 3.8) is 0 Å². The summed E-state index contributed by atoms with van der Waals surface area (Å²) in [6.07, 6.45) is 6.67. The Bertz CT molecular complexity index is 5040. The lowest BCUT2D eigenvalue weighted by atomic mass is 9.65. The maximum absolute atomic E-state index is 4.33. The van der Waals surface area contributed by atoms with Crippen molar-refractivity contribution in [3.05, 3.63) is 405 Å². The highest BCUT2D eigenvalue weighted by Gasteiger charge is 2.51. The number of aryl methyl sites for hydroxylation is 7. The van der Waals surface area contributed by atoms with Crippen molar-refractivity contribution in [2.24, 2.45) is 0 Å². The standard InChI is InChI=1S/C26H18.C19H22.C16H16.C13H12.C8H8N2.C8H7NS.C7H8.2CH4/c1-17-14-15-21-20-10-4-7-13-24(20)26(25(21)16-17)22-11-5-2-8-18(22)19-9-3-6-12-23(19)26;1-16-10-12-18(13-11-16)19(14-6-3-7-15-19)17-8-4-2-5-9-17;1-11-8-9-13-12-6-4-5-7-14(12)16(2,3)15(13)10-11;1-11-7-9-13(10-8-11)12-5-3-2-4-6-12;2*1-6-9-7-4-2-3-5-8(7)10-6;1-7-5-3-2-4-6-7;;/h2-16H,1H3;2,4-5,8-13H,3,6-7,14-15H2,1H3;4-10H,1-3H3;2-10H,1H3;2-5H,1H3,(H,9,10);2-5H,1H3;2-6H,1H3;2*1H4. The molecule has 1 saturated carbocycles. The minimum Gasteiger partial charge on any atom is -0.342 e. The number of aromatic nitrogens is 3. The molecule has 1 spiro atoms. The fourth-order valence-corrected chi connectivity index (χ4v) is 16.4. The van der Waals surface area contributed by atoms with Gasteiger partial charge in [-0.3, -0.25) is 0 Å². The number of H-pyrrole nitrogens is 1. The molecule has 19 rings (SSSR count). The molecule has 0 saturated heterocycles. The fourth-order valence-electron chi connectivity index (χ4n) is 15.5. The highest BCUT2D eigenvalue weighted by Crippen LogP contribution is 2.63. The maximum Gasteiger partial charge on any atom is 0.104 e. The molecule has 0 unspecified atom stereocenters. The second-order valence-corrected chi connectivity index (χ2v) is 29.2. The molecule has 0 atom stereocenters. The Balaban J connectivity index is 0.000000125. The van der Waals surface area contributed by atoms with Crippen LogP contribution in [-0.4, -0.2) is 15.0 Å². The third kappa shape index (κ3) is 15.7. The van der Waals surface area contributed by atoms with Crippen LogP contribution in [0.3, 0.4) is 0 Å². The summed E-state index contributed by atoms with van der Waals surface area (Å²) in [5, 5.41) is 1.14. The number of fused-ring (bicyclic) bond motifs is 15. The monoisotopic (exact) mass is 1360 g/mol. The van der Waals surface area contributed by atoms with Gasteiger partial charge in [0.1, 0.15) is 5.82 Å². The Hall–Kier alpha value is -10.8. The molecular weight excluding hydrogens is 1260 g/mol. The van der Waals surface area contributed by atoms with Gasteiger partial charge in [0, 0.05) is 10.8 Å². The van der Waals surface area contributed by atoms with Crippen LogP contribution < -0.4 is 0 Å². The van der Waals surface area contributed by atoms with E-state index in [1.54, 1.807) is 11.3 Å². The molecule has 4 heteroatoms. The summed E-state index contributed by atoms with van der Waals surface area (Å²) in [4.78, 5) is 11.7. The third-order valence-electron chi connectivity index (χ3n) is 20.5. The summed E-state index contributed by atoms with van der Waals surface area (Å²) in [6.45, 7) is 19.3. The molecule has 103 heavy (non-hydrogen) atoms. The van der Waals surface area contributed by atoms with E-state index in [4.69, 9.17) is 0 Å². The first-order valence-electron chi connectivity index (χ1n) is 35.8. The fraction of sp³-hybridized carbons (Fsp3) is 0.192. The van der Waals surface area contributed by atoms with Gasteiger partial charge in [-0.25, -0.2) is 9.97 Å². The number of hydrogen-bond acceptors (Lipinski definition) is 3. The van der Waals surface area contributed by atoms with Gasteiger partial charge < -0.3 is 4.98 Å². The van der Waals surface area contributed by atoms with Gasteiger partial charge in [-0.15, -0.1) is 11.3 Å². The summed E-state index contributed by atoms with van der Waals surface area (Å²) in [6, 6.07) is 115. The van der Waals surface area contributed by atoms with Crippen LogP contribution in [0.1, 0.15) is 144 Å². The average Bonchev–Trinajstić information content (AvgIpc) is 1.51. The molecule has 2 aromatic heterocycles.